The minimum absolute atomic E-state index is 0.634. The molecule has 3 aromatic heterocycles. The van der Waals surface area contributed by atoms with Gasteiger partial charge in [0.2, 0.25) is 5.95 Å². The van der Waals surface area contributed by atoms with Gasteiger partial charge >= 0.3 is 0 Å². The molecule has 3 aromatic rings. The van der Waals surface area contributed by atoms with Crippen LogP contribution in [0, 0.1) is 6.92 Å². The van der Waals surface area contributed by atoms with E-state index in [9.17, 15) is 0 Å². The van der Waals surface area contributed by atoms with Gasteiger partial charge in [-0.05, 0) is 31.9 Å². The summed E-state index contributed by atoms with van der Waals surface area (Å²) >= 11 is 1.68. The van der Waals surface area contributed by atoms with Crippen LogP contribution >= 0.6 is 11.3 Å². The van der Waals surface area contributed by atoms with Gasteiger partial charge in [-0.1, -0.05) is 13.8 Å². The number of aryl methyl sites for hydroxylation is 3. The van der Waals surface area contributed by atoms with Crippen molar-refractivity contribution < 1.29 is 0 Å². The summed E-state index contributed by atoms with van der Waals surface area (Å²) in [5.74, 6) is 1.50. The SMILES string of the molecule is CCc1cc(CC)n(-c2nc(NC)nc3sc(C)cc23)n1. The highest BCUT2D eigenvalue weighted by molar-refractivity contribution is 7.18. The number of hydrogen-bond acceptors (Lipinski definition) is 5. The fourth-order valence-corrected chi connectivity index (χ4v) is 3.26. The van der Waals surface area contributed by atoms with Crippen LogP contribution in [0.1, 0.15) is 30.1 Å². The van der Waals surface area contributed by atoms with Gasteiger partial charge in [-0.15, -0.1) is 11.3 Å². The lowest BCUT2D eigenvalue weighted by molar-refractivity contribution is 0.777. The monoisotopic (exact) mass is 301 g/mol. The van der Waals surface area contributed by atoms with Crippen molar-refractivity contribution >= 4 is 27.5 Å². The summed E-state index contributed by atoms with van der Waals surface area (Å²) in [6.45, 7) is 6.36. The van der Waals surface area contributed by atoms with E-state index in [0.717, 1.165) is 34.6 Å². The quantitative estimate of drug-likeness (QED) is 0.803. The number of aromatic nitrogens is 4. The van der Waals surface area contributed by atoms with Crippen LogP contribution in [0.15, 0.2) is 12.1 Å². The third-order valence-corrected chi connectivity index (χ3v) is 4.42. The lowest BCUT2D eigenvalue weighted by Gasteiger charge is -2.08. The first-order chi connectivity index (χ1) is 10.2. The molecule has 3 rings (SSSR count). The maximum absolute atomic E-state index is 4.71. The lowest BCUT2D eigenvalue weighted by atomic mass is 10.2. The average molecular weight is 301 g/mol. The van der Waals surface area contributed by atoms with Gasteiger partial charge in [0.05, 0.1) is 11.1 Å². The van der Waals surface area contributed by atoms with Crippen molar-refractivity contribution in [2.75, 3.05) is 12.4 Å². The van der Waals surface area contributed by atoms with Gasteiger partial charge in [0.15, 0.2) is 5.82 Å². The molecule has 0 bridgehead atoms. The summed E-state index contributed by atoms with van der Waals surface area (Å²) in [4.78, 5) is 11.4. The molecule has 0 amide bonds. The van der Waals surface area contributed by atoms with E-state index >= 15 is 0 Å². The van der Waals surface area contributed by atoms with Crippen molar-refractivity contribution in [2.45, 2.75) is 33.6 Å². The number of hydrogen-bond donors (Lipinski definition) is 1. The third-order valence-electron chi connectivity index (χ3n) is 3.48. The molecular weight excluding hydrogens is 282 g/mol. The molecule has 0 saturated heterocycles. The van der Waals surface area contributed by atoms with E-state index in [1.54, 1.807) is 11.3 Å². The van der Waals surface area contributed by atoms with Crippen molar-refractivity contribution in [3.05, 3.63) is 28.4 Å². The fourth-order valence-electron chi connectivity index (χ4n) is 2.38. The van der Waals surface area contributed by atoms with Gasteiger partial charge in [0.1, 0.15) is 4.83 Å². The van der Waals surface area contributed by atoms with Crippen LogP contribution in [-0.4, -0.2) is 26.8 Å². The highest BCUT2D eigenvalue weighted by atomic mass is 32.1. The number of thiophene rings is 1. The molecule has 110 valence electrons. The van der Waals surface area contributed by atoms with Gasteiger partial charge in [0, 0.05) is 17.6 Å². The minimum atomic E-state index is 0.634. The fraction of sp³-hybridized carbons (Fsp3) is 0.400. The Morgan fingerprint density at radius 3 is 2.67 bits per heavy atom. The summed E-state index contributed by atoms with van der Waals surface area (Å²) in [5.41, 5.74) is 2.27. The van der Waals surface area contributed by atoms with Crippen molar-refractivity contribution in [3.8, 4) is 5.82 Å². The predicted octanol–water partition coefficient (Wildman–Crippen LogP) is 3.35. The molecule has 21 heavy (non-hydrogen) atoms. The van der Waals surface area contributed by atoms with Gasteiger partial charge < -0.3 is 5.32 Å². The van der Waals surface area contributed by atoms with Crippen molar-refractivity contribution in [1.29, 1.82) is 0 Å². The van der Waals surface area contributed by atoms with Crippen molar-refractivity contribution in [2.24, 2.45) is 0 Å². The molecular formula is C15H19N5S. The Kier molecular flexibility index (Phi) is 3.63. The lowest BCUT2D eigenvalue weighted by Crippen LogP contribution is -2.07. The molecule has 0 saturated carbocycles. The first-order valence-electron chi connectivity index (χ1n) is 7.20. The van der Waals surface area contributed by atoms with Crippen LogP contribution < -0.4 is 5.32 Å². The maximum Gasteiger partial charge on any atom is 0.225 e. The molecule has 3 heterocycles. The Balaban J connectivity index is 2.30. The van der Waals surface area contributed by atoms with Crippen LogP contribution in [0.4, 0.5) is 5.95 Å². The van der Waals surface area contributed by atoms with Gasteiger partial charge in [0.25, 0.3) is 0 Å². The molecule has 0 aromatic carbocycles. The molecule has 0 radical (unpaired) electrons. The second-order valence-corrected chi connectivity index (χ2v) is 6.18. The van der Waals surface area contributed by atoms with E-state index in [-0.39, 0.29) is 0 Å². The van der Waals surface area contributed by atoms with Crippen LogP contribution in [0.3, 0.4) is 0 Å². The Morgan fingerprint density at radius 1 is 1.19 bits per heavy atom. The van der Waals surface area contributed by atoms with Gasteiger partial charge in [-0.25, -0.2) is 9.67 Å². The van der Waals surface area contributed by atoms with Gasteiger partial charge in [-0.2, -0.15) is 10.1 Å². The molecule has 0 unspecified atom stereocenters. The van der Waals surface area contributed by atoms with E-state index in [2.05, 4.69) is 48.2 Å². The molecule has 0 aliphatic heterocycles. The summed E-state index contributed by atoms with van der Waals surface area (Å²) < 4.78 is 1.97. The first-order valence-corrected chi connectivity index (χ1v) is 8.02. The third kappa shape index (κ3) is 2.40. The van der Waals surface area contributed by atoms with E-state index in [4.69, 9.17) is 5.10 Å². The number of nitrogens with one attached hydrogen (secondary N) is 1. The molecule has 0 spiro atoms. The number of rotatable bonds is 4. The Hall–Kier alpha value is -1.95. The Bertz CT molecular complexity index is 787. The zero-order chi connectivity index (χ0) is 15.0. The van der Waals surface area contributed by atoms with Crippen LogP contribution in [-0.2, 0) is 12.8 Å². The summed E-state index contributed by atoms with van der Waals surface area (Å²) in [7, 11) is 1.84. The van der Waals surface area contributed by atoms with E-state index in [0.29, 0.717) is 5.95 Å². The first kappa shape index (κ1) is 14.0. The average Bonchev–Trinajstić information content (AvgIpc) is 3.07. The zero-order valence-electron chi connectivity index (χ0n) is 12.8. The van der Waals surface area contributed by atoms with Gasteiger partial charge in [-0.3, -0.25) is 0 Å². The number of fused-ring (bicyclic) bond motifs is 1. The summed E-state index contributed by atoms with van der Waals surface area (Å²) in [6.07, 6.45) is 1.85. The molecule has 0 aliphatic rings. The zero-order valence-corrected chi connectivity index (χ0v) is 13.6. The Morgan fingerprint density at radius 2 is 2.00 bits per heavy atom. The molecule has 6 heteroatoms. The van der Waals surface area contributed by atoms with E-state index < -0.39 is 0 Å². The highest BCUT2D eigenvalue weighted by Gasteiger charge is 2.15. The largest absolute Gasteiger partial charge is 0.357 e. The minimum Gasteiger partial charge on any atom is -0.357 e. The summed E-state index contributed by atoms with van der Waals surface area (Å²) in [6, 6.07) is 4.30. The van der Waals surface area contributed by atoms with Crippen molar-refractivity contribution in [1.82, 2.24) is 19.7 Å². The van der Waals surface area contributed by atoms with E-state index in [1.165, 1.54) is 10.6 Å². The Labute approximate surface area is 128 Å². The standard InChI is InChI=1S/C15H19N5S/c1-5-10-8-11(6-2)20(19-10)13-12-7-9(3)21-14(12)18-15(16-4)17-13/h7-8H,5-6H2,1-4H3,(H,16,17,18). The van der Waals surface area contributed by atoms with Crippen LogP contribution in [0.5, 0.6) is 0 Å². The smallest absolute Gasteiger partial charge is 0.225 e. The highest BCUT2D eigenvalue weighted by Crippen LogP contribution is 2.29. The molecule has 5 nitrogen and oxygen atoms in total. The topological polar surface area (TPSA) is 55.6 Å². The molecule has 1 N–H and O–H groups in total. The molecule has 0 aliphatic carbocycles. The molecule has 0 fully saturated rings. The van der Waals surface area contributed by atoms with Crippen molar-refractivity contribution in [3.63, 3.8) is 0 Å². The van der Waals surface area contributed by atoms with Crippen LogP contribution in [0.25, 0.3) is 16.0 Å². The van der Waals surface area contributed by atoms with Crippen LogP contribution in [0.2, 0.25) is 0 Å². The number of anilines is 1. The normalized spacial score (nSPS) is 11.2. The summed E-state index contributed by atoms with van der Waals surface area (Å²) in [5, 5.41) is 8.81. The molecule has 0 atom stereocenters. The maximum atomic E-state index is 4.71. The predicted molar refractivity (Wildman–Crippen MR) is 87.6 cm³/mol. The van der Waals surface area contributed by atoms with E-state index in [1.807, 2.05) is 11.7 Å². The number of nitrogens with zero attached hydrogens (tertiary/aromatic N) is 4. The second-order valence-electron chi connectivity index (χ2n) is 4.94. The second kappa shape index (κ2) is 5.44.